The van der Waals surface area contributed by atoms with Crippen LogP contribution in [-0.4, -0.2) is 42.0 Å². The third-order valence-corrected chi connectivity index (χ3v) is 4.55. The molecule has 1 fully saturated rings. The summed E-state index contributed by atoms with van der Waals surface area (Å²) in [6.45, 7) is 3.78. The maximum absolute atomic E-state index is 12.5. The molecule has 1 aromatic carbocycles. The number of amides is 1. The lowest BCUT2D eigenvalue weighted by Crippen LogP contribution is -2.41. The van der Waals surface area contributed by atoms with Gasteiger partial charge in [-0.25, -0.2) is 0 Å². The summed E-state index contributed by atoms with van der Waals surface area (Å²) in [6, 6.07) is 5.52. The van der Waals surface area contributed by atoms with Crippen molar-refractivity contribution < 1.29 is 9.53 Å². The molecule has 0 bridgehead atoms. The fourth-order valence-electron chi connectivity index (χ4n) is 2.01. The van der Waals surface area contributed by atoms with Crippen LogP contribution in [0.5, 0.6) is 5.75 Å². The molecule has 1 aliphatic rings. The van der Waals surface area contributed by atoms with Gasteiger partial charge >= 0.3 is 0 Å². The summed E-state index contributed by atoms with van der Waals surface area (Å²) < 4.78 is 6.20. The minimum atomic E-state index is 0.0616. The van der Waals surface area contributed by atoms with E-state index in [4.69, 9.17) is 4.74 Å². The van der Waals surface area contributed by atoms with Crippen molar-refractivity contribution in [1.29, 1.82) is 0 Å². The number of benzene rings is 1. The van der Waals surface area contributed by atoms with Crippen LogP contribution < -0.4 is 4.74 Å². The first-order valence-electron chi connectivity index (χ1n) is 5.86. The lowest BCUT2D eigenvalue weighted by molar-refractivity contribution is 0.0759. The monoisotopic (exact) mass is 329 g/mol. The first kappa shape index (κ1) is 13.7. The van der Waals surface area contributed by atoms with Gasteiger partial charge in [0.1, 0.15) is 5.75 Å². The van der Waals surface area contributed by atoms with Gasteiger partial charge in [0.2, 0.25) is 0 Å². The minimum Gasteiger partial charge on any atom is -0.496 e. The van der Waals surface area contributed by atoms with Crippen LogP contribution in [0.2, 0.25) is 0 Å². The van der Waals surface area contributed by atoms with E-state index in [9.17, 15) is 4.79 Å². The number of thioether (sulfide) groups is 1. The Kier molecular flexibility index (Phi) is 4.56. The molecule has 0 spiro atoms. The van der Waals surface area contributed by atoms with Gasteiger partial charge in [0, 0.05) is 28.6 Å². The van der Waals surface area contributed by atoms with E-state index in [1.165, 1.54) is 0 Å². The van der Waals surface area contributed by atoms with Gasteiger partial charge < -0.3 is 9.64 Å². The van der Waals surface area contributed by atoms with E-state index < -0.39 is 0 Å². The Morgan fingerprint density at radius 3 is 3.00 bits per heavy atom. The number of carbonyl (C=O) groups is 1. The van der Waals surface area contributed by atoms with Crippen molar-refractivity contribution in [1.82, 2.24) is 4.90 Å². The first-order chi connectivity index (χ1) is 8.61. The smallest absolute Gasteiger partial charge is 0.257 e. The lowest BCUT2D eigenvalue weighted by atomic mass is 10.1. The zero-order valence-corrected chi connectivity index (χ0v) is 12.9. The molecule has 1 amide bonds. The van der Waals surface area contributed by atoms with Gasteiger partial charge in [-0.3, -0.25) is 4.79 Å². The SMILES string of the molecule is COc1cc(Br)ccc1C(=O)N1CCSC(C)C1. The minimum absolute atomic E-state index is 0.0616. The standard InChI is InChI=1S/C13H16BrNO2S/c1-9-8-15(5-6-18-9)13(16)11-4-3-10(14)7-12(11)17-2/h3-4,7,9H,5-6,8H2,1-2H3. The predicted molar refractivity (Wildman–Crippen MR) is 78.5 cm³/mol. The normalized spacial score (nSPS) is 19.7. The molecule has 1 aromatic rings. The molecule has 18 heavy (non-hydrogen) atoms. The Morgan fingerprint density at radius 2 is 2.33 bits per heavy atom. The van der Waals surface area contributed by atoms with E-state index in [1.807, 2.05) is 34.9 Å². The Balaban J connectivity index is 2.22. The molecule has 1 aliphatic heterocycles. The molecule has 98 valence electrons. The lowest BCUT2D eigenvalue weighted by Gasteiger charge is -2.31. The summed E-state index contributed by atoms with van der Waals surface area (Å²) in [5, 5.41) is 0.504. The molecular weight excluding hydrogens is 314 g/mol. The second-order valence-corrected chi connectivity index (χ2v) is 6.74. The van der Waals surface area contributed by atoms with Crippen molar-refractivity contribution in [2.24, 2.45) is 0 Å². The molecule has 1 heterocycles. The van der Waals surface area contributed by atoms with Crippen LogP contribution in [0, 0.1) is 0 Å². The summed E-state index contributed by atoms with van der Waals surface area (Å²) >= 11 is 5.30. The van der Waals surface area contributed by atoms with Gasteiger partial charge in [0.25, 0.3) is 5.91 Å². The number of methoxy groups -OCH3 is 1. The van der Waals surface area contributed by atoms with Crippen molar-refractivity contribution in [2.75, 3.05) is 26.0 Å². The quantitative estimate of drug-likeness (QED) is 0.835. The second kappa shape index (κ2) is 5.97. The van der Waals surface area contributed by atoms with Crippen LogP contribution in [-0.2, 0) is 0 Å². The van der Waals surface area contributed by atoms with Crippen LogP contribution in [0.3, 0.4) is 0 Å². The largest absolute Gasteiger partial charge is 0.496 e. The molecule has 1 unspecified atom stereocenters. The number of halogens is 1. The molecule has 0 radical (unpaired) electrons. The van der Waals surface area contributed by atoms with Crippen LogP contribution in [0.25, 0.3) is 0 Å². The highest BCUT2D eigenvalue weighted by atomic mass is 79.9. The third kappa shape index (κ3) is 3.01. The molecule has 3 nitrogen and oxygen atoms in total. The second-order valence-electron chi connectivity index (χ2n) is 4.28. The fraction of sp³-hybridized carbons (Fsp3) is 0.462. The average molecular weight is 330 g/mol. The van der Waals surface area contributed by atoms with Crippen molar-refractivity contribution in [3.05, 3.63) is 28.2 Å². The van der Waals surface area contributed by atoms with Crippen molar-refractivity contribution >= 4 is 33.6 Å². The zero-order valence-electron chi connectivity index (χ0n) is 10.5. The molecule has 0 aliphatic carbocycles. The highest BCUT2D eigenvalue weighted by molar-refractivity contribution is 9.10. The van der Waals surface area contributed by atoms with E-state index in [-0.39, 0.29) is 5.91 Å². The number of rotatable bonds is 2. The number of ether oxygens (including phenoxy) is 1. The summed E-state index contributed by atoms with van der Waals surface area (Å²) in [4.78, 5) is 14.4. The van der Waals surface area contributed by atoms with Gasteiger partial charge in [0.05, 0.1) is 12.7 Å². The molecule has 5 heteroatoms. The first-order valence-corrected chi connectivity index (χ1v) is 7.70. The van der Waals surface area contributed by atoms with Crippen LogP contribution in [0.1, 0.15) is 17.3 Å². The zero-order chi connectivity index (χ0) is 13.1. The Hall–Kier alpha value is -0.680. The summed E-state index contributed by atoms with van der Waals surface area (Å²) in [5.41, 5.74) is 0.639. The molecular formula is C13H16BrNO2S. The molecule has 0 N–H and O–H groups in total. The molecule has 1 saturated heterocycles. The van der Waals surface area contributed by atoms with Crippen molar-refractivity contribution in [3.63, 3.8) is 0 Å². The van der Waals surface area contributed by atoms with E-state index in [0.717, 1.165) is 23.3 Å². The Morgan fingerprint density at radius 1 is 1.56 bits per heavy atom. The topological polar surface area (TPSA) is 29.5 Å². The molecule has 2 rings (SSSR count). The van der Waals surface area contributed by atoms with E-state index in [1.54, 1.807) is 7.11 Å². The highest BCUT2D eigenvalue weighted by Gasteiger charge is 2.24. The van der Waals surface area contributed by atoms with E-state index >= 15 is 0 Å². The Bertz CT molecular complexity index is 453. The summed E-state index contributed by atoms with van der Waals surface area (Å²) in [7, 11) is 1.59. The van der Waals surface area contributed by atoms with Gasteiger partial charge in [-0.2, -0.15) is 11.8 Å². The fourth-order valence-corrected chi connectivity index (χ4v) is 3.37. The van der Waals surface area contributed by atoms with Gasteiger partial charge in [-0.05, 0) is 18.2 Å². The maximum Gasteiger partial charge on any atom is 0.257 e. The number of hydrogen-bond donors (Lipinski definition) is 0. The predicted octanol–water partition coefficient (Wildman–Crippen LogP) is 3.04. The molecule has 0 saturated carbocycles. The van der Waals surface area contributed by atoms with Gasteiger partial charge in [-0.1, -0.05) is 22.9 Å². The van der Waals surface area contributed by atoms with E-state index in [2.05, 4.69) is 22.9 Å². The highest BCUT2D eigenvalue weighted by Crippen LogP contribution is 2.26. The van der Waals surface area contributed by atoms with Crippen molar-refractivity contribution in [2.45, 2.75) is 12.2 Å². The average Bonchev–Trinajstić information content (AvgIpc) is 2.37. The summed E-state index contributed by atoms with van der Waals surface area (Å²) in [6.07, 6.45) is 0. The van der Waals surface area contributed by atoms with Gasteiger partial charge in [0.15, 0.2) is 0 Å². The molecule has 0 aromatic heterocycles. The van der Waals surface area contributed by atoms with Crippen LogP contribution in [0.15, 0.2) is 22.7 Å². The number of hydrogen-bond acceptors (Lipinski definition) is 3. The number of carbonyl (C=O) groups excluding carboxylic acids is 1. The van der Waals surface area contributed by atoms with E-state index in [0.29, 0.717) is 16.6 Å². The maximum atomic E-state index is 12.5. The van der Waals surface area contributed by atoms with Crippen LogP contribution in [0.4, 0.5) is 0 Å². The Labute approximate surface area is 120 Å². The number of nitrogens with zero attached hydrogens (tertiary/aromatic N) is 1. The molecule has 1 atom stereocenters. The van der Waals surface area contributed by atoms with Gasteiger partial charge in [-0.15, -0.1) is 0 Å². The van der Waals surface area contributed by atoms with Crippen LogP contribution >= 0.6 is 27.7 Å². The summed E-state index contributed by atoms with van der Waals surface area (Å²) in [5.74, 6) is 1.69. The van der Waals surface area contributed by atoms with Crippen molar-refractivity contribution in [3.8, 4) is 5.75 Å². The third-order valence-electron chi connectivity index (χ3n) is 2.92.